The van der Waals surface area contributed by atoms with Crippen LogP contribution < -0.4 is 5.32 Å². The highest BCUT2D eigenvalue weighted by atomic mass is 15.3. The number of rotatable bonds is 5. The van der Waals surface area contributed by atoms with Crippen molar-refractivity contribution in [1.29, 1.82) is 0 Å². The topological polar surface area (TPSA) is 47.7 Å². The minimum atomic E-state index is 0.358. The first-order valence-electron chi connectivity index (χ1n) is 6.81. The van der Waals surface area contributed by atoms with Crippen molar-refractivity contribution in [2.45, 2.75) is 53.2 Å². The van der Waals surface area contributed by atoms with Crippen LogP contribution in [0.4, 0.5) is 5.82 Å². The minimum Gasteiger partial charge on any atom is -0.366 e. The number of hydrogen-bond donors (Lipinski definition) is 1. The van der Waals surface area contributed by atoms with E-state index in [9.17, 15) is 0 Å². The fourth-order valence-corrected chi connectivity index (χ4v) is 2.20. The monoisotopic (exact) mass is 261 g/mol. The second-order valence-electron chi connectivity index (χ2n) is 5.40. The highest BCUT2D eigenvalue weighted by molar-refractivity contribution is 5.36. The number of anilines is 1. The van der Waals surface area contributed by atoms with Crippen molar-refractivity contribution in [2.75, 3.05) is 5.32 Å². The normalized spacial score (nSPS) is 11.5. The second-order valence-corrected chi connectivity index (χ2v) is 5.40. The Morgan fingerprint density at radius 2 is 1.79 bits per heavy atom. The molecule has 0 saturated carbocycles. The van der Waals surface area contributed by atoms with Gasteiger partial charge in [0.2, 0.25) is 0 Å². The summed E-state index contributed by atoms with van der Waals surface area (Å²) in [5, 5.41) is 12.2. The van der Waals surface area contributed by atoms with Crippen LogP contribution in [0.15, 0.2) is 18.5 Å². The Morgan fingerprint density at radius 1 is 1.11 bits per heavy atom. The van der Waals surface area contributed by atoms with Gasteiger partial charge in [-0.05, 0) is 34.6 Å². The molecule has 19 heavy (non-hydrogen) atoms. The molecule has 2 aromatic heterocycles. The molecule has 0 spiro atoms. The maximum absolute atomic E-state index is 4.43. The standard InChI is InChI=1S/C14H23N5/c1-10(2)18-12(5)13(9-17-18)8-15-14-6-7-16-19(14)11(3)4/h6-7,9-11,15H,8H2,1-5H3. The van der Waals surface area contributed by atoms with Crippen molar-refractivity contribution in [1.82, 2.24) is 19.6 Å². The van der Waals surface area contributed by atoms with E-state index in [1.54, 1.807) is 0 Å². The van der Waals surface area contributed by atoms with E-state index >= 15 is 0 Å². The molecular formula is C14H23N5. The third-order valence-corrected chi connectivity index (χ3v) is 3.25. The largest absolute Gasteiger partial charge is 0.366 e. The Kier molecular flexibility index (Phi) is 3.93. The summed E-state index contributed by atoms with van der Waals surface area (Å²) in [6.45, 7) is 11.4. The lowest BCUT2D eigenvalue weighted by Crippen LogP contribution is -2.10. The zero-order chi connectivity index (χ0) is 14.0. The van der Waals surface area contributed by atoms with Gasteiger partial charge in [0.25, 0.3) is 0 Å². The molecule has 0 aliphatic carbocycles. The molecule has 2 heterocycles. The quantitative estimate of drug-likeness (QED) is 0.899. The maximum atomic E-state index is 4.43. The van der Waals surface area contributed by atoms with E-state index in [1.807, 2.05) is 23.1 Å². The SMILES string of the molecule is Cc1c(CNc2ccnn2C(C)C)cnn1C(C)C. The molecule has 1 N–H and O–H groups in total. The fourth-order valence-electron chi connectivity index (χ4n) is 2.20. The summed E-state index contributed by atoms with van der Waals surface area (Å²) in [6.07, 6.45) is 3.77. The zero-order valence-corrected chi connectivity index (χ0v) is 12.4. The molecule has 0 aliphatic heterocycles. The number of nitrogens with one attached hydrogen (secondary N) is 1. The van der Waals surface area contributed by atoms with Crippen LogP contribution in [0.3, 0.4) is 0 Å². The molecular weight excluding hydrogens is 238 g/mol. The van der Waals surface area contributed by atoms with Gasteiger partial charge < -0.3 is 5.32 Å². The van der Waals surface area contributed by atoms with Crippen LogP contribution in [-0.4, -0.2) is 19.6 Å². The van der Waals surface area contributed by atoms with Gasteiger partial charge in [-0.2, -0.15) is 10.2 Å². The molecule has 2 aromatic rings. The highest BCUT2D eigenvalue weighted by Crippen LogP contribution is 2.17. The molecule has 104 valence electrons. The van der Waals surface area contributed by atoms with E-state index in [-0.39, 0.29) is 0 Å². The first-order valence-corrected chi connectivity index (χ1v) is 6.81. The van der Waals surface area contributed by atoms with E-state index in [4.69, 9.17) is 0 Å². The van der Waals surface area contributed by atoms with Crippen LogP contribution in [0.1, 0.15) is 51.0 Å². The molecule has 5 heteroatoms. The van der Waals surface area contributed by atoms with Crippen molar-refractivity contribution in [2.24, 2.45) is 0 Å². The third kappa shape index (κ3) is 2.80. The Labute approximate surface area is 114 Å². The molecule has 2 rings (SSSR count). The van der Waals surface area contributed by atoms with Crippen LogP contribution in [0, 0.1) is 6.92 Å². The van der Waals surface area contributed by atoms with Crippen LogP contribution in [-0.2, 0) is 6.54 Å². The van der Waals surface area contributed by atoms with E-state index < -0.39 is 0 Å². The Hall–Kier alpha value is -1.78. The lowest BCUT2D eigenvalue weighted by atomic mass is 10.2. The van der Waals surface area contributed by atoms with Gasteiger partial charge in [-0.25, -0.2) is 4.68 Å². The van der Waals surface area contributed by atoms with Gasteiger partial charge in [0.1, 0.15) is 5.82 Å². The smallest absolute Gasteiger partial charge is 0.124 e. The first-order chi connectivity index (χ1) is 9.00. The molecule has 0 radical (unpaired) electrons. The lowest BCUT2D eigenvalue weighted by Gasteiger charge is -2.13. The average Bonchev–Trinajstić information content (AvgIpc) is 2.92. The molecule has 0 fully saturated rings. The summed E-state index contributed by atoms with van der Waals surface area (Å²) in [7, 11) is 0. The molecule has 0 aliphatic rings. The molecule has 0 saturated heterocycles. The Morgan fingerprint density at radius 3 is 2.37 bits per heavy atom. The predicted molar refractivity (Wildman–Crippen MR) is 77.3 cm³/mol. The predicted octanol–water partition coefficient (Wildman–Crippen LogP) is 3.16. The van der Waals surface area contributed by atoms with E-state index in [0.717, 1.165) is 12.4 Å². The number of nitrogens with zero attached hydrogens (tertiary/aromatic N) is 4. The third-order valence-electron chi connectivity index (χ3n) is 3.25. The lowest BCUT2D eigenvalue weighted by molar-refractivity contribution is 0.518. The minimum absolute atomic E-state index is 0.358. The van der Waals surface area contributed by atoms with Crippen LogP contribution in [0.5, 0.6) is 0 Å². The molecule has 0 amide bonds. The molecule has 0 aromatic carbocycles. The van der Waals surface area contributed by atoms with Gasteiger partial charge in [-0.15, -0.1) is 0 Å². The van der Waals surface area contributed by atoms with Gasteiger partial charge in [0.15, 0.2) is 0 Å². The summed E-state index contributed by atoms with van der Waals surface area (Å²) in [6, 6.07) is 2.76. The van der Waals surface area contributed by atoms with Crippen LogP contribution in [0.2, 0.25) is 0 Å². The summed E-state index contributed by atoms with van der Waals surface area (Å²) in [5.74, 6) is 1.05. The molecule has 0 unspecified atom stereocenters. The summed E-state index contributed by atoms with van der Waals surface area (Å²) < 4.78 is 4.04. The van der Waals surface area contributed by atoms with E-state index in [0.29, 0.717) is 12.1 Å². The van der Waals surface area contributed by atoms with Crippen molar-refractivity contribution >= 4 is 5.82 Å². The molecule has 0 bridgehead atoms. The summed E-state index contributed by atoms with van der Waals surface area (Å²) in [5.41, 5.74) is 2.45. The van der Waals surface area contributed by atoms with Gasteiger partial charge in [0, 0.05) is 36.0 Å². The van der Waals surface area contributed by atoms with Crippen molar-refractivity contribution < 1.29 is 0 Å². The van der Waals surface area contributed by atoms with Gasteiger partial charge in [0.05, 0.1) is 12.4 Å². The Bertz CT molecular complexity index is 536. The van der Waals surface area contributed by atoms with Crippen molar-refractivity contribution in [3.8, 4) is 0 Å². The number of aromatic nitrogens is 4. The average molecular weight is 261 g/mol. The highest BCUT2D eigenvalue weighted by Gasteiger charge is 2.10. The van der Waals surface area contributed by atoms with E-state index in [2.05, 4.69) is 54.8 Å². The van der Waals surface area contributed by atoms with Gasteiger partial charge >= 0.3 is 0 Å². The van der Waals surface area contributed by atoms with Crippen molar-refractivity contribution in [3.63, 3.8) is 0 Å². The van der Waals surface area contributed by atoms with Gasteiger partial charge in [-0.3, -0.25) is 4.68 Å². The van der Waals surface area contributed by atoms with Gasteiger partial charge in [-0.1, -0.05) is 0 Å². The summed E-state index contributed by atoms with van der Waals surface area (Å²) in [4.78, 5) is 0. The van der Waals surface area contributed by atoms with Crippen molar-refractivity contribution in [3.05, 3.63) is 29.7 Å². The first kappa shape index (κ1) is 13.6. The maximum Gasteiger partial charge on any atom is 0.124 e. The van der Waals surface area contributed by atoms with Crippen LogP contribution in [0.25, 0.3) is 0 Å². The zero-order valence-electron chi connectivity index (χ0n) is 12.4. The molecule has 5 nitrogen and oxygen atoms in total. The molecule has 0 atom stereocenters. The number of hydrogen-bond acceptors (Lipinski definition) is 3. The van der Waals surface area contributed by atoms with E-state index in [1.165, 1.54) is 11.3 Å². The Balaban J connectivity index is 2.09. The fraction of sp³-hybridized carbons (Fsp3) is 0.571. The van der Waals surface area contributed by atoms with Crippen LogP contribution >= 0.6 is 0 Å². The second kappa shape index (κ2) is 5.47. The summed E-state index contributed by atoms with van der Waals surface area (Å²) >= 11 is 0.